The molecule has 0 bridgehead atoms. The fraction of sp³-hybridized carbons (Fsp3) is 0.143. The molecule has 0 radical (unpaired) electrons. The molecule has 1 aliphatic carbocycles. The van der Waals surface area contributed by atoms with Crippen molar-refractivity contribution in [1.29, 1.82) is 0 Å². The van der Waals surface area contributed by atoms with Crippen molar-refractivity contribution in [1.82, 2.24) is 9.97 Å². The van der Waals surface area contributed by atoms with Crippen LogP contribution in [0, 0.1) is 0 Å². The molecule has 0 atom stereocenters. The lowest BCUT2D eigenvalue weighted by Crippen LogP contribution is -1.91. The smallest absolute Gasteiger partial charge is 0.0739 e. The van der Waals surface area contributed by atoms with E-state index in [1.807, 2.05) is 24.5 Å². The highest BCUT2D eigenvalue weighted by Crippen LogP contribution is 2.21. The van der Waals surface area contributed by atoms with Crippen LogP contribution in [0.25, 0.3) is 16.5 Å². The molecule has 2 aromatic rings. The van der Waals surface area contributed by atoms with Gasteiger partial charge in [-0.3, -0.25) is 9.97 Å². The largest absolute Gasteiger partial charge is 0.256 e. The highest BCUT2D eigenvalue weighted by molar-refractivity contribution is 5.82. The SMILES string of the molecule is C1=CC(c2cc3ncccc3cn2)=CCC1. The van der Waals surface area contributed by atoms with Gasteiger partial charge in [-0.05, 0) is 36.6 Å². The Balaban J connectivity index is 2.11. The third-order valence-electron chi connectivity index (χ3n) is 2.78. The standard InChI is InChI=1S/C14H12N2/c1-2-5-11(6-3-1)13-9-14-12(10-16-13)7-4-8-15-14/h2,4-10H,1,3H2. The Morgan fingerprint density at radius 3 is 3.00 bits per heavy atom. The third kappa shape index (κ3) is 1.63. The Labute approximate surface area is 94.4 Å². The summed E-state index contributed by atoms with van der Waals surface area (Å²) >= 11 is 0. The molecule has 16 heavy (non-hydrogen) atoms. The van der Waals surface area contributed by atoms with E-state index >= 15 is 0 Å². The van der Waals surface area contributed by atoms with E-state index in [1.165, 1.54) is 5.57 Å². The molecule has 0 N–H and O–H groups in total. The Morgan fingerprint density at radius 1 is 1.12 bits per heavy atom. The van der Waals surface area contributed by atoms with Crippen molar-refractivity contribution in [2.75, 3.05) is 0 Å². The molecular weight excluding hydrogens is 196 g/mol. The van der Waals surface area contributed by atoms with E-state index in [0.29, 0.717) is 0 Å². The van der Waals surface area contributed by atoms with Crippen LogP contribution >= 0.6 is 0 Å². The molecule has 2 heteroatoms. The molecule has 0 spiro atoms. The fourth-order valence-corrected chi connectivity index (χ4v) is 1.93. The first-order chi connectivity index (χ1) is 7.93. The number of nitrogens with zero attached hydrogens (tertiary/aromatic N) is 2. The summed E-state index contributed by atoms with van der Waals surface area (Å²) in [7, 11) is 0. The van der Waals surface area contributed by atoms with Crippen LogP contribution in [0.5, 0.6) is 0 Å². The molecule has 1 aliphatic rings. The second kappa shape index (κ2) is 3.89. The average Bonchev–Trinajstić information content (AvgIpc) is 2.39. The second-order valence-corrected chi connectivity index (χ2v) is 3.90. The lowest BCUT2D eigenvalue weighted by atomic mass is 10.0. The molecule has 0 amide bonds. The second-order valence-electron chi connectivity index (χ2n) is 3.90. The molecule has 0 aliphatic heterocycles. The van der Waals surface area contributed by atoms with Crippen LogP contribution in [-0.2, 0) is 0 Å². The maximum Gasteiger partial charge on any atom is 0.0739 e. The first kappa shape index (κ1) is 9.28. The van der Waals surface area contributed by atoms with Crippen LogP contribution in [-0.4, -0.2) is 9.97 Å². The van der Waals surface area contributed by atoms with Gasteiger partial charge in [-0.25, -0.2) is 0 Å². The lowest BCUT2D eigenvalue weighted by molar-refractivity contribution is 1.04. The van der Waals surface area contributed by atoms with E-state index in [1.54, 1.807) is 0 Å². The van der Waals surface area contributed by atoms with Gasteiger partial charge in [0.2, 0.25) is 0 Å². The molecule has 0 unspecified atom stereocenters. The van der Waals surface area contributed by atoms with Crippen molar-refractivity contribution < 1.29 is 0 Å². The highest BCUT2D eigenvalue weighted by atomic mass is 14.7. The molecule has 78 valence electrons. The zero-order valence-corrected chi connectivity index (χ0v) is 8.93. The molecule has 0 fully saturated rings. The van der Waals surface area contributed by atoms with Gasteiger partial charge in [0.15, 0.2) is 0 Å². The Bertz CT molecular complexity index is 582. The molecule has 2 nitrogen and oxygen atoms in total. The fourth-order valence-electron chi connectivity index (χ4n) is 1.93. The van der Waals surface area contributed by atoms with Crippen LogP contribution in [0.15, 0.2) is 48.8 Å². The summed E-state index contributed by atoms with van der Waals surface area (Å²) in [6.07, 6.45) is 12.5. The van der Waals surface area contributed by atoms with Crippen molar-refractivity contribution in [2.45, 2.75) is 12.8 Å². The summed E-state index contributed by atoms with van der Waals surface area (Å²) in [5.41, 5.74) is 3.23. The van der Waals surface area contributed by atoms with Gasteiger partial charge in [0.1, 0.15) is 0 Å². The zero-order valence-electron chi connectivity index (χ0n) is 8.93. The number of fused-ring (bicyclic) bond motifs is 1. The van der Waals surface area contributed by atoms with Crippen LogP contribution in [0.4, 0.5) is 0 Å². The molecule has 2 heterocycles. The topological polar surface area (TPSA) is 25.8 Å². The Hall–Kier alpha value is -1.96. The Kier molecular flexibility index (Phi) is 2.26. The maximum absolute atomic E-state index is 4.47. The van der Waals surface area contributed by atoms with Crippen LogP contribution < -0.4 is 0 Å². The number of allylic oxidation sites excluding steroid dienone is 4. The lowest BCUT2D eigenvalue weighted by Gasteiger charge is -2.06. The first-order valence-corrected chi connectivity index (χ1v) is 5.51. The molecular formula is C14H12N2. The van der Waals surface area contributed by atoms with Crippen molar-refractivity contribution in [3.8, 4) is 0 Å². The summed E-state index contributed by atoms with van der Waals surface area (Å²) in [6, 6.07) is 6.02. The number of aromatic nitrogens is 2. The maximum atomic E-state index is 4.47. The monoisotopic (exact) mass is 208 g/mol. The van der Waals surface area contributed by atoms with Crippen molar-refractivity contribution >= 4 is 16.5 Å². The Morgan fingerprint density at radius 2 is 2.12 bits per heavy atom. The average molecular weight is 208 g/mol. The minimum atomic E-state index is 1.01. The van der Waals surface area contributed by atoms with Crippen LogP contribution in [0.3, 0.4) is 0 Å². The quantitative estimate of drug-likeness (QED) is 0.718. The molecule has 0 saturated heterocycles. The van der Waals surface area contributed by atoms with Gasteiger partial charge >= 0.3 is 0 Å². The predicted octanol–water partition coefficient (Wildman–Crippen LogP) is 3.36. The summed E-state index contributed by atoms with van der Waals surface area (Å²) < 4.78 is 0. The zero-order chi connectivity index (χ0) is 10.8. The normalized spacial score (nSPS) is 15.1. The van der Waals surface area contributed by atoms with Gasteiger partial charge in [-0.15, -0.1) is 0 Å². The van der Waals surface area contributed by atoms with Crippen molar-refractivity contribution in [3.63, 3.8) is 0 Å². The summed E-state index contributed by atoms with van der Waals surface area (Å²) in [5.74, 6) is 0. The minimum Gasteiger partial charge on any atom is -0.256 e. The predicted molar refractivity (Wildman–Crippen MR) is 65.9 cm³/mol. The van der Waals surface area contributed by atoms with Gasteiger partial charge in [0, 0.05) is 17.8 Å². The summed E-state index contributed by atoms with van der Waals surface area (Å²) in [4.78, 5) is 8.82. The van der Waals surface area contributed by atoms with Crippen LogP contribution in [0.1, 0.15) is 18.5 Å². The van der Waals surface area contributed by atoms with E-state index in [4.69, 9.17) is 0 Å². The number of rotatable bonds is 1. The molecule has 0 saturated carbocycles. The highest BCUT2D eigenvalue weighted by Gasteiger charge is 2.04. The molecule has 0 aromatic carbocycles. The van der Waals surface area contributed by atoms with Gasteiger partial charge < -0.3 is 0 Å². The molecule has 3 rings (SSSR count). The van der Waals surface area contributed by atoms with E-state index in [9.17, 15) is 0 Å². The number of hydrogen-bond acceptors (Lipinski definition) is 2. The van der Waals surface area contributed by atoms with Gasteiger partial charge in [0.25, 0.3) is 0 Å². The van der Waals surface area contributed by atoms with Gasteiger partial charge in [-0.2, -0.15) is 0 Å². The number of pyridine rings is 2. The van der Waals surface area contributed by atoms with Gasteiger partial charge in [0.05, 0.1) is 11.2 Å². The number of hydrogen-bond donors (Lipinski definition) is 0. The van der Waals surface area contributed by atoms with E-state index in [0.717, 1.165) is 29.4 Å². The first-order valence-electron chi connectivity index (χ1n) is 5.51. The van der Waals surface area contributed by atoms with Crippen LogP contribution in [0.2, 0.25) is 0 Å². The summed E-state index contributed by atoms with van der Waals surface area (Å²) in [5, 5.41) is 1.09. The van der Waals surface area contributed by atoms with E-state index < -0.39 is 0 Å². The molecule has 2 aromatic heterocycles. The van der Waals surface area contributed by atoms with Gasteiger partial charge in [-0.1, -0.05) is 18.2 Å². The van der Waals surface area contributed by atoms with Crippen molar-refractivity contribution in [3.05, 3.63) is 54.5 Å². The minimum absolute atomic E-state index is 1.01. The van der Waals surface area contributed by atoms with Crippen molar-refractivity contribution in [2.24, 2.45) is 0 Å². The third-order valence-corrected chi connectivity index (χ3v) is 2.78. The van der Waals surface area contributed by atoms with E-state index in [-0.39, 0.29) is 0 Å². The summed E-state index contributed by atoms with van der Waals surface area (Å²) in [6.45, 7) is 0. The van der Waals surface area contributed by atoms with E-state index in [2.05, 4.69) is 34.3 Å².